The highest BCUT2D eigenvalue weighted by atomic mass is 32.1. The van der Waals surface area contributed by atoms with Crippen molar-refractivity contribution in [1.29, 1.82) is 5.41 Å². The van der Waals surface area contributed by atoms with Crippen LogP contribution in [-0.4, -0.2) is 59.9 Å². The fourth-order valence-corrected chi connectivity index (χ4v) is 6.75. The number of nitrogens with one attached hydrogen (secondary N) is 3. The van der Waals surface area contributed by atoms with Gasteiger partial charge in [-0.1, -0.05) is 44.2 Å². The first-order valence-electron chi connectivity index (χ1n) is 13.6. The number of carbonyl (C=O) groups excluding carboxylic acids is 3. The van der Waals surface area contributed by atoms with Crippen LogP contribution in [0.15, 0.2) is 53.9 Å². The number of nitrogen functional groups attached to an aromatic ring is 1. The van der Waals surface area contributed by atoms with Gasteiger partial charge in [-0.25, -0.2) is 8.78 Å². The molecule has 3 amide bonds. The highest BCUT2D eigenvalue weighted by molar-refractivity contribution is 7.10. The summed E-state index contributed by atoms with van der Waals surface area (Å²) >= 11 is 1.30. The first kappa shape index (κ1) is 29.4. The summed E-state index contributed by atoms with van der Waals surface area (Å²) in [7, 11) is 0. The Kier molecular flexibility index (Phi) is 7.65. The van der Waals surface area contributed by atoms with Crippen molar-refractivity contribution in [3.63, 3.8) is 0 Å². The van der Waals surface area contributed by atoms with E-state index in [1.165, 1.54) is 16.9 Å². The molecule has 42 heavy (non-hydrogen) atoms. The molecule has 0 spiro atoms. The van der Waals surface area contributed by atoms with E-state index < -0.39 is 61.7 Å². The molecule has 3 atom stereocenters. The van der Waals surface area contributed by atoms with Gasteiger partial charge >= 0.3 is 0 Å². The molecular weight excluding hydrogens is 560 g/mol. The Bertz CT molecular complexity index is 1590. The molecule has 1 saturated heterocycles. The lowest BCUT2D eigenvalue weighted by molar-refractivity contribution is -0.138. The number of alkyl halides is 2. The number of nitrogens with zero attached hydrogens (tertiary/aromatic N) is 1. The number of fused-ring (bicyclic) bond motifs is 3. The van der Waals surface area contributed by atoms with Gasteiger partial charge in [0.15, 0.2) is 5.67 Å². The van der Waals surface area contributed by atoms with E-state index in [4.69, 9.17) is 11.1 Å². The van der Waals surface area contributed by atoms with Crippen LogP contribution in [0.4, 0.5) is 8.78 Å². The van der Waals surface area contributed by atoms with Crippen LogP contribution in [0.2, 0.25) is 0 Å². The fourth-order valence-electron chi connectivity index (χ4n) is 5.84. The Morgan fingerprint density at radius 3 is 2.52 bits per heavy atom. The lowest BCUT2D eigenvalue weighted by Gasteiger charge is -2.25. The molecule has 1 fully saturated rings. The highest BCUT2D eigenvalue weighted by Gasteiger charge is 2.49. The molecule has 0 unspecified atom stereocenters. The predicted octanol–water partition coefficient (Wildman–Crippen LogP) is 4.22. The van der Waals surface area contributed by atoms with Gasteiger partial charge in [-0.2, -0.15) is 0 Å². The second kappa shape index (κ2) is 10.9. The second-order valence-electron chi connectivity index (χ2n) is 11.5. The van der Waals surface area contributed by atoms with E-state index >= 15 is 4.39 Å². The summed E-state index contributed by atoms with van der Waals surface area (Å²) in [4.78, 5) is 41.1. The summed E-state index contributed by atoms with van der Waals surface area (Å²) in [6.07, 6.45) is -0.495. The molecule has 220 valence electrons. The summed E-state index contributed by atoms with van der Waals surface area (Å²) in [6.45, 7) is 3.48. The number of likely N-dealkylation sites (tertiary alicyclic amines) is 1. The monoisotopic (exact) mass is 593 g/mol. The molecule has 5 N–H and O–H groups in total. The average Bonchev–Trinajstić information content (AvgIpc) is 3.66. The Hall–Kier alpha value is -4.12. The van der Waals surface area contributed by atoms with E-state index in [-0.39, 0.29) is 11.3 Å². The molecule has 1 aromatic heterocycles. The van der Waals surface area contributed by atoms with Crippen molar-refractivity contribution >= 4 is 34.9 Å². The lowest BCUT2D eigenvalue weighted by Crippen LogP contribution is -2.49. The summed E-state index contributed by atoms with van der Waals surface area (Å²) in [6, 6.07) is 13.4. The zero-order valence-electron chi connectivity index (χ0n) is 23.6. The van der Waals surface area contributed by atoms with E-state index in [9.17, 15) is 18.8 Å². The van der Waals surface area contributed by atoms with Gasteiger partial charge in [-0.05, 0) is 47.4 Å². The number of hydrogen-bond donors (Lipinski definition) is 4. The van der Waals surface area contributed by atoms with Crippen LogP contribution in [0.1, 0.15) is 65.2 Å². The van der Waals surface area contributed by atoms with E-state index in [0.717, 1.165) is 21.6 Å². The maximum atomic E-state index is 15.1. The molecule has 1 aliphatic heterocycles. The number of carbonyl (C=O) groups is 3. The maximum absolute atomic E-state index is 15.1. The maximum Gasteiger partial charge on any atom is 0.251 e. The van der Waals surface area contributed by atoms with Crippen LogP contribution in [0.5, 0.6) is 0 Å². The topological polar surface area (TPSA) is 128 Å². The number of amides is 3. The van der Waals surface area contributed by atoms with Gasteiger partial charge in [0, 0.05) is 33.2 Å². The molecule has 2 aromatic carbocycles. The Labute approximate surface area is 246 Å². The van der Waals surface area contributed by atoms with E-state index in [2.05, 4.69) is 36.6 Å². The van der Waals surface area contributed by atoms with Gasteiger partial charge in [-0.15, -0.1) is 11.3 Å². The molecule has 2 heterocycles. The lowest BCUT2D eigenvalue weighted by atomic mass is 9.82. The summed E-state index contributed by atoms with van der Waals surface area (Å²) in [5, 5.41) is 14.6. The molecule has 3 aromatic rings. The summed E-state index contributed by atoms with van der Waals surface area (Å²) in [5.74, 6) is -1.91. The first-order valence-corrected chi connectivity index (χ1v) is 14.5. The zero-order valence-corrected chi connectivity index (χ0v) is 24.4. The standard InChI is InChI=1S/C31H33F2N5O3S/c1-17(25-11-19(14-42-25)27(34)35)37-29(41)24-12-31(33,15-32)16-38(24)26(39)13-36-28(40)18-8-9-21-20-6-4-5-7-22(20)30(2,3)23(21)10-18/h4-11,14,17,24H,12-13,15-16H2,1-3H3,(H3,34,35)(H,36,40)(H,37,41)/t17-,24+,31+/m1/s1. The van der Waals surface area contributed by atoms with Crippen LogP contribution in [-0.2, 0) is 15.0 Å². The fraction of sp³-hybridized carbons (Fsp3) is 0.355. The molecule has 0 radical (unpaired) electrons. The normalized spacial score (nSPS) is 20.9. The minimum atomic E-state index is -2.36. The van der Waals surface area contributed by atoms with Gasteiger partial charge in [0.25, 0.3) is 5.91 Å². The van der Waals surface area contributed by atoms with Crippen LogP contribution in [0.25, 0.3) is 11.1 Å². The number of halogens is 2. The molecule has 11 heteroatoms. The Balaban J connectivity index is 1.26. The highest BCUT2D eigenvalue weighted by Crippen LogP contribution is 2.48. The number of benzene rings is 2. The van der Waals surface area contributed by atoms with Crippen molar-refractivity contribution in [2.45, 2.75) is 50.4 Å². The van der Waals surface area contributed by atoms with Crippen molar-refractivity contribution in [3.8, 4) is 11.1 Å². The smallest absolute Gasteiger partial charge is 0.251 e. The number of rotatable bonds is 8. The number of thiophene rings is 1. The summed E-state index contributed by atoms with van der Waals surface area (Å²) in [5.41, 5.74) is 8.07. The van der Waals surface area contributed by atoms with Gasteiger partial charge < -0.3 is 21.3 Å². The molecule has 1 aliphatic carbocycles. The third-order valence-electron chi connectivity index (χ3n) is 8.21. The van der Waals surface area contributed by atoms with Crippen LogP contribution < -0.4 is 16.4 Å². The Morgan fingerprint density at radius 1 is 1.12 bits per heavy atom. The van der Waals surface area contributed by atoms with Crippen LogP contribution >= 0.6 is 11.3 Å². The van der Waals surface area contributed by atoms with Crippen molar-refractivity contribution in [3.05, 3.63) is 81.0 Å². The van der Waals surface area contributed by atoms with Crippen LogP contribution in [0.3, 0.4) is 0 Å². The first-order chi connectivity index (χ1) is 19.8. The molecule has 5 rings (SSSR count). The number of nitrogens with two attached hydrogens (primary N) is 1. The minimum absolute atomic E-state index is 0.107. The van der Waals surface area contributed by atoms with E-state index in [1.54, 1.807) is 24.4 Å². The molecule has 8 nitrogen and oxygen atoms in total. The largest absolute Gasteiger partial charge is 0.384 e. The minimum Gasteiger partial charge on any atom is -0.384 e. The van der Waals surface area contributed by atoms with Gasteiger partial charge in [0.05, 0.1) is 19.1 Å². The molecule has 2 aliphatic rings. The molecule has 0 bridgehead atoms. The zero-order chi connectivity index (χ0) is 30.4. The quantitative estimate of drug-likeness (QED) is 0.230. The summed E-state index contributed by atoms with van der Waals surface area (Å²) < 4.78 is 28.7. The van der Waals surface area contributed by atoms with Gasteiger partial charge in [0.1, 0.15) is 18.6 Å². The third kappa shape index (κ3) is 5.29. The Morgan fingerprint density at radius 2 is 1.83 bits per heavy atom. The molecular formula is C31H33F2N5O3S. The SMILES string of the molecule is C[C@@H](NC(=O)[C@@H]1C[C@](F)(CF)CN1C(=O)CNC(=O)c1ccc2c(c1)C(C)(C)c1ccccc1-2)c1cc(C(=N)N)cs1. The van der Waals surface area contributed by atoms with Crippen molar-refractivity contribution in [2.24, 2.45) is 5.73 Å². The molecule has 0 saturated carbocycles. The van der Waals surface area contributed by atoms with E-state index in [1.807, 2.05) is 24.3 Å². The third-order valence-corrected chi connectivity index (χ3v) is 9.33. The van der Waals surface area contributed by atoms with Crippen molar-refractivity contribution in [1.82, 2.24) is 15.5 Å². The number of hydrogen-bond acceptors (Lipinski definition) is 5. The average molecular weight is 594 g/mol. The number of amidine groups is 1. The van der Waals surface area contributed by atoms with Crippen molar-refractivity contribution < 1.29 is 23.2 Å². The van der Waals surface area contributed by atoms with Crippen LogP contribution in [0, 0.1) is 5.41 Å². The van der Waals surface area contributed by atoms with Gasteiger partial charge in [-0.3, -0.25) is 19.8 Å². The van der Waals surface area contributed by atoms with E-state index in [0.29, 0.717) is 16.0 Å². The predicted molar refractivity (Wildman–Crippen MR) is 158 cm³/mol. The van der Waals surface area contributed by atoms with Crippen molar-refractivity contribution in [2.75, 3.05) is 19.8 Å². The van der Waals surface area contributed by atoms with Gasteiger partial charge in [0.2, 0.25) is 11.8 Å². The second-order valence-corrected chi connectivity index (χ2v) is 12.5.